The van der Waals surface area contributed by atoms with Crippen LogP contribution in [0.1, 0.15) is 24.5 Å². The molecule has 0 saturated carbocycles. The summed E-state index contributed by atoms with van der Waals surface area (Å²) in [6, 6.07) is 12.1. The Balaban J connectivity index is 2.51. The van der Waals surface area contributed by atoms with Crippen LogP contribution in [0.15, 0.2) is 36.4 Å². The second-order valence-electron chi connectivity index (χ2n) is 6.47. The molecule has 0 fully saturated rings. The Morgan fingerprint density at radius 1 is 0.862 bits per heavy atom. The van der Waals surface area contributed by atoms with Crippen molar-refractivity contribution in [2.75, 3.05) is 47.6 Å². The molecule has 2 aromatic rings. The molecule has 0 spiro atoms. The number of benzene rings is 2. The smallest absolute Gasteiger partial charge is 0.188 e. The van der Waals surface area contributed by atoms with Crippen molar-refractivity contribution >= 4 is 0 Å². The Bertz CT molecular complexity index is 717. The molecular formula is C23H32O6. The normalized spacial score (nSPS) is 10.9. The first kappa shape index (κ1) is 23.2. The molecule has 0 aliphatic rings. The lowest BCUT2D eigenvalue weighted by molar-refractivity contribution is 0.0457. The molecule has 6 heteroatoms. The van der Waals surface area contributed by atoms with Crippen molar-refractivity contribution in [1.29, 1.82) is 0 Å². The number of rotatable bonds is 14. The van der Waals surface area contributed by atoms with Gasteiger partial charge in [-0.1, -0.05) is 37.3 Å². The molecule has 0 radical (unpaired) electrons. The molecule has 0 saturated heterocycles. The van der Waals surface area contributed by atoms with Crippen LogP contribution >= 0.6 is 0 Å². The molecule has 0 unspecified atom stereocenters. The number of aliphatic hydroxyl groups is 1. The molecule has 0 amide bonds. The molecule has 2 rings (SSSR count). The first-order valence-corrected chi connectivity index (χ1v) is 9.93. The molecule has 29 heavy (non-hydrogen) atoms. The monoisotopic (exact) mass is 404 g/mol. The van der Waals surface area contributed by atoms with Crippen LogP contribution < -0.4 is 9.47 Å². The maximum absolute atomic E-state index is 8.96. The highest BCUT2D eigenvalue weighted by Crippen LogP contribution is 2.41. The lowest BCUT2D eigenvalue weighted by atomic mass is 9.90. The van der Waals surface area contributed by atoms with E-state index in [-0.39, 0.29) is 20.2 Å². The highest BCUT2D eigenvalue weighted by molar-refractivity contribution is 5.77. The predicted molar refractivity (Wildman–Crippen MR) is 112 cm³/mol. The minimum Gasteiger partial charge on any atom is -0.467 e. The molecule has 1 N–H and O–H groups in total. The van der Waals surface area contributed by atoms with Crippen LogP contribution in [0.3, 0.4) is 0 Å². The van der Waals surface area contributed by atoms with E-state index in [9.17, 15) is 0 Å². The van der Waals surface area contributed by atoms with Crippen molar-refractivity contribution < 1.29 is 28.8 Å². The number of ether oxygens (including phenoxy) is 5. The van der Waals surface area contributed by atoms with Gasteiger partial charge < -0.3 is 28.8 Å². The van der Waals surface area contributed by atoms with E-state index in [2.05, 4.69) is 19.1 Å². The summed E-state index contributed by atoms with van der Waals surface area (Å²) in [7, 11) is 3.20. The van der Waals surface area contributed by atoms with Gasteiger partial charge in [-0.25, -0.2) is 0 Å². The maximum atomic E-state index is 8.96. The quantitative estimate of drug-likeness (QED) is 0.381. The molecule has 160 valence electrons. The Morgan fingerprint density at radius 3 is 2.17 bits per heavy atom. The van der Waals surface area contributed by atoms with Crippen LogP contribution in [-0.4, -0.2) is 52.7 Å². The number of aliphatic hydroxyl groups excluding tert-OH is 1. The van der Waals surface area contributed by atoms with Gasteiger partial charge in [-0.05, 0) is 36.0 Å². The van der Waals surface area contributed by atoms with Crippen molar-refractivity contribution in [3.8, 4) is 22.6 Å². The van der Waals surface area contributed by atoms with Gasteiger partial charge >= 0.3 is 0 Å². The lowest BCUT2D eigenvalue weighted by Crippen LogP contribution is -2.11. The first-order chi connectivity index (χ1) is 14.3. The van der Waals surface area contributed by atoms with E-state index in [4.69, 9.17) is 28.8 Å². The summed E-state index contributed by atoms with van der Waals surface area (Å²) in [4.78, 5) is 0. The minimum absolute atomic E-state index is 0.130. The fourth-order valence-corrected chi connectivity index (χ4v) is 3.24. The van der Waals surface area contributed by atoms with Gasteiger partial charge in [0.1, 0.15) is 11.5 Å². The molecule has 0 atom stereocenters. The summed E-state index contributed by atoms with van der Waals surface area (Å²) < 4.78 is 27.8. The fraction of sp³-hybridized carbons (Fsp3) is 0.478. The van der Waals surface area contributed by atoms with E-state index in [1.54, 1.807) is 14.2 Å². The standard InChI is InChI=1S/C23H32O6/c1-4-19-20(11-14-27-13-8-12-24)23(18-9-6-5-7-10-18)22(29-17-26-3)15-21(19)28-16-25-2/h5-7,9-10,15,24H,4,8,11-14,16-17H2,1-3H3. The first-order valence-electron chi connectivity index (χ1n) is 9.93. The second kappa shape index (κ2) is 13.2. The van der Waals surface area contributed by atoms with E-state index in [1.807, 2.05) is 24.3 Å². The predicted octanol–water partition coefficient (Wildman–Crippen LogP) is 3.82. The third kappa shape index (κ3) is 6.72. The zero-order valence-corrected chi connectivity index (χ0v) is 17.6. The topological polar surface area (TPSA) is 66.4 Å². The Kier molecular flexibility index (Phi) is 10.5. The maximum Gasteiger partial charge on any atom is 0.188 e. The zero-order chi connectivity index (χ0) is 20.9. The molecule has 0 heterocycles. The van der Waals surface area contributed by atoms with E-state index >= 15 is 0 Å². The van der Waals surface area contributed by atoms with Gasteiger partial charge in [-0.2, -0.15) is 0 Å². The molecule has 6 nitrogen and oxygen atoms in total. The zero-order valence-electron chi connectivity index (χ0n) is 17.6. The Hall–Kier alpha value is -2.12. The summed E-state index contributed by atoms with van der Waals surface area (Å²) in [5.74, 6) is 1.44. The van der Waals surface area contributed by atoms with Gasteiger partial charge in [0, 0.05) is 39.1 Å². The minimum atomic E-state index is 0.130. The van der Waals surface area contributed by atoms with Gasteiger partial charge in [-0.15, -0.1) is 0 Å². The van der Waals surface area contributed by atoms with Crippen LogP contribution in [0.2, 0.25) is 0 Å². The Labute approximate surface area is 173 Å². The van der Waals surface area contributed by atoms with Crippen LogP contribution in [-0.2, 0) is 27.1 Å². The van der Waals surface area contributed by atoms with Gasteiger partial charge in [-0.3, -0.25) is 0 Å². The van der Waals surface area contributed by atoms with E-state index in [0.717, 1.165) is 34.4 Å². The van der Waals surface area contributed by atoms with Gasteiger partial charge in [0.15, 0.2) is 13.6 Å². The summed E-state index contributed by atoms with van der Waals surface area (Å²) in [5.41, 5.74) is 4.32. The van der Waals surface area contributed by atoms with Gasteiger partial charge in [0.05, 0.1) is 6.61 Å². The molecule has 0 aliphatic heterocycles. The average molecular weight is 405 g/mol. The largest absolute Gasteiger partial charge is 0.467 e. The van der Waals surface area contributed by atoms with E-state index < -0.39 is 0 Å². The lowest BCUT2D eigenvalue weighted by Gasteiger charge is -2.22. The van der Waals surface area contributed by atoms with Crippen LogP contribution in [0.4, 0.5) is 0 Å². The molecule has 0 bridgehead atoms. The number of hydrogen-bond donors (Lipinski definition) is 1. The van der Waals surface area contributed by atoms with Crippen molar-refractivity contribution in [1.82, 2.24) is 0 Å². The van der Waals surface area contributed by atoms with Crippen LogP contribution in [0.5, 0.6) is 11.5 Å². The molecule has 0 aliphatic carbocycles. The average Bonchev–Trinajstić information content (AvgIpc) is 2.76. The molecule has 2 aromatic carbocycles. The summed E-state index contributed by atoms with van der Waals surface area (Å²) in [6.45, 7) is 3.62. The highest BCUT2D eigenvalue weighted by atomic mass is 16.7. The van der Waals surface area contributed by atoms with Crippen molar-refractivity contribution in [3.63, 3.8) is 0 Å². The Morgan fingerprint density at radius 2 is 1.55 bits per heavy atom. The molecule has 0 aromatic heterocycles. The highest BCUT2D eigenvalue weighted by Gasteiger charge is 2.20. The molecular weight excluding hydrogens is 372 g/mol. The van der Waals surface area contributed by atoms with E-state index in [0.29, 0.717) is 31.8 Å². The van der Waals surface area contributed by atoms with Crippen molar-refractivity contribution in [2.45, 2.75) is 26.2 Å². The summed E-state index contributed by atoms with van der Waals surface area (Å²) in [6.07, 6.45) is 2.13. The van der Waals surface area contributed by atoms with Crippen LogP contribution in [0.25, 0.3) is 11.1 Å². The van der Waals surface area contributed by atoms with E-state index in [1.165, 1.54) is 0 Å². The number of hydrogen-bond acceptors (Lipinski definition) is 6. The fourth-order valence-electron chi connectivity index (χ4n) is 3.24. The van der Waals surface area contributed by atoms with Crippen LogP contribution in [0, 0.1) is 0 Å². The van der Waals surface area contributed by atoms with Crippen molar-refractivity contribution in [3.05, 3.63) is 47.5 Å². The van der Waals surface area contributed by atoms with Gasteiger partial charge in [0.2, 0.25) is 0 Å². The van der Waals surface area contributed by atoms with Gasteiger partial charge in [0.25, 0.3) is 0 Å². The summed E-state index contributed by atoms with van der Waals surface area (Å²) >= 11 is 0. The second-order valence-corrected chi connectivity index (χ2v) is 6.47. The SMILES string of the molecule is CCc1c(OCOC)cc(OCOC)c(-c2ccccc2)c1CCOCCCO. The third-order valence-electron chi connectivity index (χ3n) is 4.50. The third-order valence-corrected chi connectivity index (χ3v) is 4.50. The van der Waals surface area contributed by atoms with Crippen molar-refractivity contribution in [2.24, 2.45) is 0 Å². The summed E-state index contributed by atoms with van der Waals surface area (Å²) in [5, 5.41) is 8.96. The number of methoxy groups -OCH3 is 2.